The van der Waals surface area contributed by atoms with Gasteiger partial charge in [0.25, 0.3) is 0 Å². The van der Waals surface area contributed by atoms with E-state index in [1.807, 2.05) is 6.92 Å². The number of rotatable bonds is 6. The van der Waals surface area contributed by atoms with Gasteiger partial charge in [0, 0.05) is 18.6 Å². The number of hydrogen-bond donors (Lipinski definition) is 1. The number of esters is 1. The zero-order valence-corrected chi connectivity index (χ0v) is 11.2. The Bertz CT molecular complexity index is 287. The van der Waals surface area contributed by atoms with Gasteiger partial charge in [-0.05, 0) is 39.7 Å². The summed E-state index contributed by atoms with van der Waals surface area (Å²) < 4.78 is 4.95. The summed E-state index contributed by atoms with van der Waals surface area (Å²) in [6.07, 6.45) is 6.20. The summed E-state index contributed by atoms with van der Waals surface area (Å²) in [5.41, 5.74) is -0.555. The van der Waals surface area contributed by atoms with Gasteiger partial charge in [-0.1, -0.05) is 6.42 Å². The number of nitrogens with one attached hydrogen (secondary N) is 1. The number of methoxy groups -OCH3 is 1. The van der Waals surface area contributed by atoms with Crippen LogP contribution in [-0.4, -0.2) is 49.2 Å². The minimum Gasteiger partial charge on any atom is -0.468 e. The van der Waals surface area contributed by atoms with Crippen LogP contribution < -0.4 is 5.32 Å². The Balaban J connectivity index is 1.95. The van der Waals surface area contributed by atoms with Crippen LogP contribution in [0.1, 0.15) is 39.0 Å². The van der Waals surface area contributed by atoms with Gasteiger partial charge < -0.3 is 9.64 Å². The lowest BCUT2D eigenvalue weighted by Gasteiger charge is -2.40. The van der Waals surface area contributed by atoms with Crippen molar-refractivity contribution in [3.8, 4) is 0 Å². The van der Waals surface area contributed by atoms with E-state index in [0.29, 0.717) is 12.1 Å². The molecular weight excluding hydrogens is 216 g/mol. The van der Waals surface area contributed by atoms with Crippen LogP contribution in [0.5, 0.6) is 0 Å². The molecule has 0 amide bonds. The molecule has 1 N–H and O–H groups in total. The lowest BCUT2D eigenvalue weighted by Crippen LogP contribution is -2.59. The molecule has 98 valence electrons. The fraction of sp³-hybridized carbons (Fsp3) is 0.923. The van der Waals surface area contributed by atoms with E-state index in [-0.39, 0.29) is 5.97 Å². The second kappa shape index (κ2) is 4.94. The van der Waals surface area contributed by atoms with Gasteiger partial charge in [-0.15, -0.1) is 0 Å². The van der Waals surface area contributed by atoms with E-state index in [1.165, 1.54) is 39.2 Å². The SMILES string of the molecule is COC(=O)C(C)(CN(C)C1CCC1)NC1CC1. The summed E-state index contributed by atoms with van der Waals surface area (Å²) in [4.78, 5) is 14.3. The molecule has 0 bridgehead atoms. The Kier molecular flexibility index (Phi) is 3.73. The van der Waals surface area contributed by atoms with Crippen LogP contribution in [0.15, 0.2) is 0 Å². The lowest BCUT2D eigenvalue weighted by atomic mass is 9.90. The maximum Gasteiger partial charge on any atom is 0.327 e. The molecule has 0 aromatic carbocycles. The number of nitrogens with zero attached hydrogens (tertiary/aromatic N) is 1. The minimum atomic E-state index is -0.555. The van der Waals surface area contributed by atoms with Gasteiger partial charge in [0.15, 0.2) is 0 Å². The fourth-order valence-electron chi connectivity index (χ4n) is 2.53. The standard InChI is InChI=1S/C13H24N2O2/c1-13(12(16)17-3,14-10-7-8-10)9-15(2)11-5-4-6-11/h10-11,14H,4-9H2,1-3H3. The Labute approximate surface area is 104 Å². The zero-order valence-electron chi connectivity index (χ0n) is 11.2. The molecule has 17 heavy (non-hydrogen) atoms. The third-order valence-corrected chi connectivity index (χ3v) is 4.00. The van der Waals surface area contributed by atoms with Crippen molar-refractivity contribution >= 4 is 5.97 Å². The van der Waals surface area contributed by atoms with Gasteiger partial charge in [-0.25, -0.2) is 0 Å². The van der Waals surface area contributed by atoms with Gasteiger partial charge in [-0.3, -0.25) is 10.1 Å². The molecule has 2 aliphatic rings. The van der Waals surface area contributed by atoms with E-state index in [9.17, 15) is 4.79 Å². The molecule has 1 unspecified atom stereocenters. The first-order valence-electron chi connectivity index (χ1n) is 6.61. The van der Waals surface area contributed by atoms with Crippen molar-refractivity contribution in [2.45, 2.75) is 56.7 Å². The summed E-state index contributed by atoms with van der Waals surface area (Å²) in [5.74, 6) is -0.143. The largest absolute Gasteiger partial charge is 0.468 e. The van der Waals surface area contributed by atoms with Crippen LogP contribution in [-0.2, 0) is 9.53 Å². The first-order valence-corrected chi connectivity index (χ1v) is 6.61. The van der Waals surface area contributed by atoms with E-state index >= 15 is 0 Å². The molecular formula is C13H24N2O2. The monoisotopic (exact) mass is 240 g/mol. The third-order valence-electron chi connectivity index (χ3n) is 4.00. The Morgan fingerprint density at radius 1 is 1.41 bits per heavy atom. The average Bonchev–Trinajstić information content (AvgIpc) is 2.96. The quantitative estimate of drug-likeness (QED) is 0.707. The predicted octanol–water partition coefficient (Wildman–Crippen LogP) is 1.15. The highest BCUT2D eigenvalue weighted by Gasteiger charge is 2.41. The molecule has 0 saturated heterocycles. The van der Waals surface area contributed by atoms with E-state index < -0.39 is 5.54 Å². The van der Waals surface area contributed by atoms with Crippen molar-refractivity contribution in [3.63, 3.8) is 0 Å². The maximum atomic E-state index is 12.0. The Morgan fingerprint density at radius 2 is 2.06 bits per heavy atom. The van der Waals surface area contributed by atoms with E-state index in [0.717, 1.165) is 6.54 Å². The molecule has 0 aliphatic heterocycles. The molecule has 0 heterocycles. The molecule has 2 aliphatic carbocycles. The van der Waals surface area contributed by atoms with Gasteiger partial charge in [-0.2, -0.15) is 0 Å². The highest BCUT2D eigenvalue weighted by atomic mass is 16.5. The molecule has 0 spiro atoms. The molecule has 4 heteroatoms. The summed E-state index contributed by atoms with van der Waals surface area (Å²) in [6, 6.07) is 1.16. The van der Waals surface area contributed by atoms with Gasteiger partial charge in [0.2, 0.25) is 0 Å². The summed E-state index contributed by atoms with van der Waals surface area (Å²) in [5, 5.41) is 3.44. The number of likely N-dealkylation sites (N-methyl/N-ethyl adjacent to an activating group) is 1. The van der Waals surface area contributed by atoms with Crippen LogP contribution in [0.4, 0.5) is 0 Å². The molecule has 2 rings (SSSR count). The number of carbonyl (C=O) groups excluding carboxylic acids is 1. The topological polar surface area (TPSA) is 41.6 Å². The van der Waals surface area contributed by atoms with Crippen LogP contribution in [0.3, 0.4) is 0 Å². The Morgan fingerprint density at radius 3 is 2.47 bits per heavy atom. The van der Waals surface area contributed by atoms with Crippen LogP contribution in [0.25, 0.3) is 0 Å². The minimum absolute atomic E-state index is 0.143. The second-order valence-corrected chi connectivity index (χ2v) is 5.74. The van der Waals surface area contributed by atoms with Crippen molar-refractivity contribution < 1.29 is 9.53 Å². The molecule has 4 nitrogen and oxygen atoms in total. The highest BCUT2D eigenvalue weighted by Crippen LogP contribution is 2.27. The van der Waals surface area contributed by atoms with E-state index in [4.69, 9.17) is 4.74 Å². The van der Waals surface area contributed by atoms with Gasteiger partial charge in [0.05, 0.1) is 7.11 Å². The van der Waals surface area contributed by atoms with Crippen molar-refractivity contribution in [1.29, 1.82) is 0 Å². The number of hydrogen-bond acceptors (Lipinski definition) is 4. The van der Waals surface area contributed by atoms with Crippen LogP contribution in [0, 0.1) is 0 Å². The average molecular weight is 240 g/mol. The molecule has 0 aromatic rings. The van der Waals surface area contributed by atoms with Crippen molar-refractivity contribution in [1.82, 2.24) is 10.2 Å². The normalized spacial score (nSPS) is 24.2. The molecule has 2 fully saturated rings. The number of carbonyl (C=O) groups is 1. The molecule has 2 saturated carbocycles. The van der Waals surface area contributed by atoms with Crippen LogP contribution in [0.2, 0.25) is 0 Å². The first kappa shape index (κ1) is 12.8. The molecule has 0 radical (unpaired) electrons. The van der Waals surface area contributed by atoms with Crippen molar-refractivity contribution in [2.75, 3.05) is 20.7 Å². The summed E-state index contributed by atoms with van der Waals surface area (Å²) in [6.45, 7) is 2.70. The van der Waals surface area contributed by atoms with Gasteiger partial charge >= 0.3 is 5.97 Å². The smallest absolute Gasteiger partial charge is 0.327 e. The molecule has 0 aromatic heterocycles. The van der Waals surface area contributed by atoms with Gasteiger partial charge in [0.1, 0.15) is 5.54 Å². The lowest BCUT2D eigenvalue weighted by molar-refractivity contribution is -0.149. The third kappa shape index (κ3) is 2.99. The zero-order chi connectivity index (χ0) is 12.5. The van der Waals surface area contributed by atoms with Crippen molar-refractivity contribution in [3.05, 3.63) is 0 Å². The maximum absolute atomic E-state index is 12.0. The second-order valence-electron chi connectivity index (χ2n) is 5.74. The highest BCUT2D eigenvalue weighted by molar-refractivity contribution is 5.80. The Hall–Kier alpha value is -0.610. The van der Waals surface area contributed by atoms with E-state index in [2.05, 4.69) is 17.3 Å². The number of ether oxygens (including phenoxy) is 1. The van der Waals surface area contributed by atoms with Crippen LogP contribution >= 0.6 is 0 Å². The fourth-order valence-corrected chi connectivity index (χ4v) is 2.53. The predicted molar refractivity (Wildman–Crippen MR) is 66.8 cm³/mol. The first-order chi connectivity index (χ1) is 8.05. The van der Waals surface area contributed by atoms with Crippen molar-refractivity contribution in [2.24, 2.45) is 0 Å². The summed E-state index contributed by atoms with van der Waals surface area (Å²) in [7, 11) is 3.58. The molecule has 1 atom stereocenters. The summed E-state index contributed by atoms with van der Waals surface area (Å²) >= 11 is 0. The van der Waals surface area contributed by atoms with E-state index in [1.54, 1.807) is 0 Å².